The van der Waals surface area contributed by atoms with Gasteiger partial charge in [-0.3, -0.25) is 4.21 Å². The van der Waals surface area contributed by atoms with E-state index >= 15 is 0 Å². The van der Waals surface area contributed by atoms with Gasteiger partial charge in [0.25, 0.3) is 0 Å². The molecule has 2 atom stereocenters. The van der Waals surface area contributed by atoms with Gasteiger partial charge in [0.05, 0.1) is 0 Å². The normalized spacial score (nSPS) is 14.0. The first kappa shape index (κ1) is 24.1. The summed E-state index contributed by atoms with van der Waals surface area (Å²) in [4.78, 5) is 0. The Labute approximate surface area is 154 Å². The Hall–Kier alpha value is 0.110. The lowest BCUT2D eigenvalue weighted by Crippen LogP contribution is -2.06. The molecule has 0 saturated heterocycles. The van der Waals surface area contributed by atoms with Gasteiger partial charge in [-0.05, 0) is 12.3 Å². The molecular weight excluding hydrogens is 316 g/mol. The molecule has 3 heteroatoms. The first-order valence-electron chi connectivity index (χ1n) is 10.7. The second-order valence-electron chi connectivity index (χ2n) is 7.67. The zero-order chi connectivity index (χ0) is 17.9. The predicted molar refractivity (Wildman–Crippen MR) is 107 cm³/mol. The van der Waals surface area contributed by atoms with Gasteiger partial charge in [-0.1, -0.05) is 128 Å². The molecule has 0 saturated carbocycles. The van der Waals surface area contributed by atoms with Crippen LogP contribution >= 0.6 is 0 Å². The van der Waals surface area contributed by atoms with E-state index in [1.54, 1.807) is 0 Å². The molecule has 0 N–H and O–H groups in total. The SMILES string of the molecule is CCCCCCCCCCCCCCCCCCC(C)CS(=O)[O-]. The van der Waals surface area contributed by atoms with Crippen LogP contribution in [0.5, 0.6) is 0 Å². The van der Waals surface area contributed by atoms with Crippen LogP contribution in [0.3, 0.4) is 0 Å². The fourth-order valence-electron chi connectivity index (χ4n) is 3.36. The maximum atomic E-state index is 10.6. The summed E-state index contributed by atoms with van der Waals surface area (Å²) in [5.74, 6) is 0.661. The predicted octanol–water partition coefficient (Wildman–Crippen LogP) is 7.15. The van der Waals surface area contributed by atoms with Gasteiger partial charge in [0.1, 0.15) is 0 Å². The average molecular weight is 360 g/mol. The number of unbranched alkanes of at least 4 members (excludes halogenated alkanes) is 15. The van der Waals surface area contributed by atoms with Crippen LogP contribution in [-0.2, 0) is 11.1 Å². The average Bonchev–Trinajstić information content (AvgIpc) is 2.53. The molecule has 24 heavy (non-hydrogen) atoms. The van der Waals surface area contributed by atoms with E-state index in [9.17, 15) is 8.76 Å². The van der Waals surface area contributed by atoms with Crippen LogP contribution in [0.15, 0.2) is 0 Å². The highest BCUT2D eigenvalue weighted by Crippen LogP contribution is 2.15. The molecule has 0 rings (SSSR count). The highest BCUT2D eigenvalue weighted by Gasteiger charge is 2.01. The number of rotatable bonds is 19. The van der Waals surface area contributed by atoms with Gasteiger partial charge < -0.3 is 4.55 Å². The molecule has 0 aliphatic carbocycles. The molecule has 0 aromatic heterocycles. The van der Waals surface area contributed by atoms with Crippen molar-refractivity contribution in [2.75, 3.05) is 5.75 Å². The minimum Gasteiger partial charge on any atom is -0.772 e. The van der Waals surface area contributed by atoms with Crippen molar-refractivity contribution >= 4 is 11.1 Å². The van der Waals surface area contributed by atoms with Gasteiger partial charge in [0.15, 0.2) is 0 Å². The van der Waals surface area contributed by atoms with Gasteiger partial charge in [-0.2, -0.15) is 0 Å². The monoisotopic (exact) mass is 359 g/mol. The van der Waals surface area contributed by atoms with Gasteiger partial charge in [-0.15, -0.1) is 0 Å². The third-order valence-corrected chi connectivity index (χ3v) is 5.81. The van der Waals surface area contributed by atoms with E-state index < -0.39 is 11.1 Å². The van der Waals surface area contributed by atoms with E-state index in [0.29, 0.717) is 11.7 Å². The minimum absolute atomic E-state index is 0.329. The molecular formula is C21H43O2S-. The molecule has 0 aliphatic rings. The first-order chi connectivity index (χ1) is 11.7. The van der Waals surface area contributed by atoms with Crippen LogP contribution in [0.4, 0.5) is 0 Å². The first-order valence-corrected chi connectivity index (χ1v) is 12.0. The summed E-state index contributed by atoms with van der Waals surface area (Å²) in [5, 5.41) is 0. The van der Waals surface area contributed by atoms with Gasteiger partial charge >= 0.3 is 0 Å². The smallest absolute Gasteiger partial charge is 0.0127 e. The summed E-state index contributed by atoms with van der Waals surface area (Å²) in [6.45, 7) is 4.32. The highest BCUT2D eigenvalue weighted by molar-refractivity contribution is 7.79. The Balaban J connectivity index is 3.06. The number of hydrogen-bond donors (Lipinski definition) is 0. The van der Waals surface area contributed by atoms with E-state index in [1.807, 2.05) is 6.92 Å². The molecule has 2 nitrogen and oxygen atoms in total. The van der Waals surface area contributed by atoms with Gasteiger partial charge in [-0.25, -0.2) is 0 Å². The molecule has 0 heterocycles. The topological polar surface area (TPSA) is 40.1 Å². The van der Waals surface area contributed by atoms with Gasteiger partial charge in [0.2, 0.25) is 0 Å². The van der Waals surface area contributed by atoms with Crippen LogP contribution in [0.1, 0.15) is 123 Å². The van der Waals surface area contributed by atoms with Crippen LogP contribution in [0, 0.1) is 5.92 Å². The molecule has 0 aromatic rings. The van der Waals surface area contributed by atoms with Crippen molar-refractivity contribution in [3.05, 3.63) is 0 Å². The van der Waals surface area contributed by atoms with Crippen molar-refractivity contribution in [2.45, 2.75) is 123 Å². The Morgan fingerprint density at radius 1 is 0.667 bits per heavy atom. The van der Waals surface area contributed by atoms with Crippen LogP contribution in [-0.4, -0.2) is 14.5 Å². The minimum atomic E-state index is -1.86. The molecule has 146 valence electrons. The van der Waals surface area contributed by atoms with Crippen molar-refractivity contribution in [1.82, 2.24) is 0 Å². The standard InChI is InChI=1S/C21H44O2S/c1-3-4-5-6-7-8-9-10-11-12-13-14-15-16-17-18-19-21(2)20-24(22)23/h21H,3-20H2,1-2H3,(H,22,23)/p-1. The quantitative estimate of drug-likeness (QED) is 0.181. The van der Waals surface area contributed by atoms with E-state index in [0.717, 1.165) is 6.42 Å². The Morgan fingerprint density at radius 2 is 1.00 bits per heavy atom. The maximum Gasteiger partial charge on any atom is 0.0127 e. The second kappa shape index (κ2) is 19.4. The molecule has 0 radical (unpaired) electrons. The molecule has 0 amide bonds. The molecule has 0 fully saturated rings. The Morgan fingerprint density at radius 3 is 1.33 bits per heavy atom. The van der Waals surface area contributed by atoms with E-state index in [2.05, 4.69) is 6.92 Å². The van der Waals surface area contributed by atoms with E-state index in [4.69, 9.17) is 0 Å². The van der Waals surface area contributed by atoms with Crippen molar-refractivity contribution in [3.8, 4) is 0 Å². The molecule has 0 bridgehead atoms. The fourth-order valence-corrected chi connectivity index (χ4v) is 3.99. The van der Waals surface area contributed by atoms with Crippen molar-refractivity contribution in [2.24, 2.45) is 5.92 Å². The number of hydrogen-bond acceptors (Lipinski definition) is 2. The van der Waals surface area contributed by atoms with Gasteiger partial charge in [0, 0.05) is 5.75 Å². The summed E-state index contributed by atoms with van der Waals surface area (Å²) >= 11 is -1.86. The molecule has 0 aromatic carbocycles. The molecule has 0 aliphatic heterocycles. The summed E-state index contributed by atoms with van der Waals surface area (Å²) in [6.07, 6.45) is 23.3. The van der Waals surface area contributed by atoms with Crippen molar-refractivity contribution < 1.29 is 8.76 Å². The molecule has 0 spiro atoms. The zero-order valence-corrected chi connectivity index (χ0v) is 17.3. The van der Waals surface area contributed by atoms with Crippen molar-refractivity contribution in [3.63, 3.8) is 0 Å². The van der Waals surface area contributed by atoms with Crippen LogP contribution < -0.4 is 0 Å². The molecule has 2 unspecified atom stereocenters. The summed E-state index contributed by atoms with van der Waals surface area (Å²) in [7, 11) is 0. The summed E-state index contributed by atoms with van der Waals surface area (Å²) < 4.78 is 21.2. The van der Waals surface area contributed by atoms with Crippen molar-refractivity contribution in [1.29, 1.82) is 0 Å². The largest absolute Gasteiger partial charge is 0.772 e. The summed E-state index contributed by atoms with van der Waals surface area (Å²) in [5.41, 5.74) is 0. The lowest BCUT2D eigenvalue weighted by atomic mass is 10.0. The maximum absolute atomic E-state index is 10.6. The van der Waals surface area contributed by atoms with E-state index in [-0.39, 0.29) is 0 Å². The lowest BCUT2D eigenvalue weighted by Gasteiger charge is -2.12. The third kappa shape index (κ3) is 20.2. The summed E-state index contributed by atoms with van der Waals surface area (Å²) in [6, 6.07) is 0. The third-order valence-electron chi connectivity index (χ3n) is 4.97. The highest BCUT2D eigenvalue weighted by atomic mass is 32.2. The lowest BCUT2D eigenvalue weighted by molar-refractivity contribution is 0.485. The van der Waals surface area contributed by atoms with Crippen LogP contribution in [0.25, 0.3) is 0 Å². The van der Waals surface area contributed by atoms with Crippen LogP contribution in [0.2, 0.25) is 0 Å². The fraction of sp³-hybridized carbons (Fsp3) is 1.00. The Bertz CT molecular complexity index is 269. The Kier molecular flexibility index (Phi) is 19.5. The second-order valence-corrected chi connectivity index (χ2v) is 8.61. The van der Waals surface area contributed by atoms with E-state index in [1.165, 1.54) is 103 Å². The zero-order valence-electron chi connectivity index (χ0n) is 16.5.